The number of hydrogen-bond donors (Lipinski definition) is 0. The summed E-state index contributed by atoms with van der Waals surface area (Å²) in [5.74, 6) is -1.10. The maximum atomic E-state index is 11.8. The Hall–Kier alpha value is -2.95. The van der Waals surface area contributed by atoms with Crippen LogP contribution in [0.1, 0.15) is 17.0 Å². The number of esters is 1. The number of nitrogens with zero attached hydrogens (tertiary/aromatic N) is 1. The van der Waals surface area contributed by atoms with E-state index in [0.717, 1.165) is 11.1 Å². The van der Waals surface area contributed by atoms with Crippen LogP contribution in [0, 0.1) is 10.1 Å². The van der Waals surface area contributed by atoms with Crippen LogP contribution in [0.15, 0.2) is 72.8 Å². The van der Waals surface area contributed by atoms with Crippen molar-refractivity contribution in [3.63, 3.8) is 0 Å². The third-order valence-corrected chi connectivity index (χ3v) is 4.01. The van der Waals surface area contributed by atoms with E-state index in [1.165, 1.54) is 6.08 Å². The second kappa shape index (κ2) is 6.04. The summed E-state index contributed by atoms with van der Waals surface area (Å²) in [6, 6.07) is 18.3. The largest absolute Gasteiger partial charge is 0.446 e. The first-order valence-corrected chi connectivity index (χ1v) is 7.26. The van der Waals surface area contributed by atoms with E-state index in [2.05, 4.69) is 0 Å². The third-order valence-electron chi connectivity index (χ3n) is 4.01. The van der Waals surface area contributed by atoms with Gasteiger partial charge in [0.15, 0.2) is 5.60 Å². The summed E-state index contributed by atoms with van der Waals surface area (Å²) in [5, 5.41) is 11.2. The molecule has 1 aliphatic rings. The standard InChI is InChI=1S/C18H15NO4/c20-17-11-12-18(23-17,15-9-5-2-6-10-15)16(13-19(21)22)14-7-3-1-4-8-14/h1-12,16H,13H2/t16-,18-/m1/s1. The minimum absolute atomic E-state index is 0.337. The Balaban J connectivity index is 2.15. The second-order valence-corrected chi connectivity index (χ2v) is 5.39. The minimum Gasteiger partial charge on any atom is -0.446 e. The van der Waals surface area contributed by atoms with Crippen LogP contribution in [0.4, 0.5) is 0 Å². The number of nitro groups is 1. The van der Waals surface area contributed by atoms with Gasteiger partial charge in [0.25, 0.3) is 0 Å². The van der Waals surface area contributed by atoms with Crippen molar-refractivity contribution in [3.05, 3.63) is 94.1 Å². The van der Waals surface area contributed by atoms with E-state index in [1.54, 1.807) is 6.08 Å². The van der Waals surface area contributed by atoms with Gasteiger partial charge in [0.05, 0.1) is 5.92 Å². The molecular weight excluding hydrogens is 294 g/mol. The summed E-state index contributed by atoms with van der Waals surface area (Å²) < 4.78 is 5.60. The van der Waals surface area contributed by atoms with E-state index >= 15 is 0 Å². The average Bonchev–Trinajstić information content (AvgIpc) is 2.97. The number of carbonyl (C=O) groups excluding carboxylic acids is 1. The van der Waals surface area contributed by atoms with Crippen LogP contribution >= 0.6 is 0 Å². The van der Waals surface area contributed by atoms with Crippen molar-refractivity contribution < 1.29 is 14.5 Å². The van der Waals surface area contributed by atoms with Gasteiger partial charge in [0, 0.05) is 16.6 Å². The number of ether oxygens (including phenoxy) is 1. The molecule has 116 valence electrons. The van der Waals surface area contributed by atoms with Gasteiger partial charge in [-0.25, -0.2) is 4.79 Å². The summed E-state index contributed by atoms with van der Waals surface area (Å²) in [5.41, 5.74) is 0.317. The average molecular weight is 309 g/mol. The molecule has 0 N–H and O–H groups in total. The lowest BCUT2D eigenvalue weighted by Gasteiger charge is -2.33. The Morgan fingerprint density at radius 3 is 2.17 bits per heavy atom. The molecule has 2 aromatic rings. The number of benzene rings is 2. The molecule has 0 radical (unpaired) electrons. The van der Waals surface area contributed by atoms with Gasteiger partial charge >= 0.3 is 5.97 Å². The highest BCUT2D eigenvalue weighted by Gasteiger charge is 2.48. The number of carbonyl (C=O) groups is 1. The molecule has 23 heavy (non-hydrogen) atoms. The highest BCUT2D eigenvalue weighted by atomic mass is 16.6. The molecule has 0 amide bonds. The summed E-state index contributed by atoms with van der Waals surface area (Å²) in [6.07, 6.45) is 2.97. The molecule has 2 aromatic carbocycles. The SMILES string of the molecule is O=C1C=C[C@@](c2ccccc2)([C@H](C[N+](=O)[O-])c2ccccc2)O1. The van der Waals surface area contributed by atoms with Crippen molar-refractivity contribution in [1.82, 2.24) is 0 Å². The van der Waals surface area contributed by atoms with E-state index in [-0.39, 0.29) is 11.5 Å². The first kappa shape index (κ1) is 15.0. The molecule has 1 heterocycles. The molecule has 3 rings (SSSR count). The Morgan fingerprint density at radius 2 is 1.65 bits per heavy atom. The van der Waals surface area contributed by atoms with E-state index in [9.17, 15) is 14.9 Å². The summed E-state index contributed by atoms with van der Waals surface area (Å²) >= 11 is 0. The molecular formula is C18H15NO4. The molecule has 0 saturated heterocycles. The molecule has 0 unspecified atom stereocenters. The van der Waals surface area contributed by atoms with E-state index in [1.807, 2.05) is 60.7 Å². The molecule has 0 aliphatic carbocycles. The molecule has 2 atom stereocenters. The lowest BCUT2D eigenvalue weighted by Crippen LogP contribution is -2.37. The topological polar surface area (TPSA) is 69.4 Å². The smallest absolute Gasteiger partial charge is 0.331 e. The monoisotopic (exact) mass is 309 g/mol. The predicted octanol–water partition coefficient (Wildman–Crippen LogP) is 3.06. The number of cyclic esters (lactones) is 1. The van der Waals surface area contributed by atoms with Crippen LogP contribution in [-0.4, -0.2) is 17.4 Å². The van der Waals surface area contributed by atoms with Gasteiger partial charge in [0.2, 0.25) is 6.54 Å². The fourth-order valence-electron chi connectivity index (χ4n) is 2.99. The first-order chi connectivity index (χ1) is 11.1. The molecule has 0 spiro atoms. The maximum Gasteiger partial charge on any atom is 0.331 e. The molecule has 0 aromatic heterocycles. The Bertz CT molecular complexity index is 742. The lowest BCUT2D eigenvalue weighted by molar-refractivity contribution is -0.486. The van der Waals surface area contributed by atoms with Crippen molar-refractivity contribution in [2.24, 2.45) is 0 Å². The highest BCUT2D eigenvalue weighted by molar-refractivity contribution is 5.85. The molecule has 5 nitrogen and oxygen atoms in total. The zero-order chi connectivity index (χ0) is 16.3. The van der Waals surface area contributed by atoms with Crippen LogP contribution in [0.3, 0.4) is 0 Å². The lowest BCUT2D eigenvalue weighted by atomic mass is 9.77. The van der Waals surface area contributed by atoms with Crippen LogP contribution < -0.4 is 0 Å². The highest BCUT2D eigenvalue weighted by Crippen LogP contribution is 2.44. The van der Waals surface area contributed by atoms with Gasteiger partial charge in [-0.15, -0.1) is 0 Å². The molecule has 0 saturated carbocycles. The summed E-state index contributed by atoms with van der Waals surface area (Å²) in [7, 11) is 0. The Labute approximate surface area is 133 Å². The van der Waals surface area contributed by atoms with Crippen molar-refractivity contribution >= 4 is 5.97 Å². The van der Waals surface area contributed by atoms with Gasteiger partial charge in [-0.05, 0) is 11.6 Å². The minimum atomic E-state index is -1.16. The van der Waals surface area contributed by atoms with Crippen molar-refractivity contribution in [1.29, 1.82) is 0 Å². The quantitative estimate of drug-likeness (QED) is 0.483. The van der Waals surface area contributed by atoms with Gasteiger partial charge in [-0.2, -0.15) is 0 Å². The van der Waals surface area contributed by atoms with Gasteiger partial charge < -0.3 is 4.74 Å². The third kappa shape index (κ3) is 2.85. The van der Waals surface area contributed by atoms with Crippen LogP contribution in [0.5, 0.6) is 0 Å². The van der Waals surface area contributed by atoms with Crippen molar-refractivity contribution in [3.8, 4) is 0 Å². The Morgan fingerprint density at radius 1 is 1.04 bits per heavy atom. The van der Waals surface area contributed by atoms with Crippen LogP contribution in [0.2, 0.25) is 0 Å². The fraction of sp³-hybridized carbons (Fsp3) is 0.167. The zero-order valence-corrected chi connectivity index (χ0v) is 12.3. The Kier molecular flexibility index (Phi) is 3.93. The predicted molar refractivity (Wildman–Crippen MR) is 84.4 cm³/mol. The first-order valence-electron chi connectivity index (χ1n) is 7.26. The van der Waals surface area contributed by atoms with Gasteiger partial charge in [0.1, 0.15) is 0 Å². The molecule has 5 heteroatoms. The van der Waals surface area contributed by atoms with Crippen LogP contribution in [-0.2, 0) is 15.1 Å². The summed E-state index contributed by atoms with van der Waals surface area (Å²) in [4.78, 5) is 22.6. The molecule has 0 bridgehead atoms. The normalized spacial score (nSPS) is 21.0. The van der Waals surface area contributed by atoms with E-state index < -0.39 is 17.5 Å². The van der Waals surface area contributed by atoms with Gasteiger partial charge in [-0.1, -0.05) is 60.7 Å². The molecule has 0 fully saturated rings. The van der Waals surface area contributed by atoms with E-state index in [0.29, 0.717) is 0 Å². The number of hydrogen-bond acceptors (Lipinski definition) is 4. The van der Waals surface area contributed by atoms with E-state index in [4.69, 9.17) is 4.74 Å². The fourth-order valence-corrected chi connectivity index (χ4v) is 2.99. The zero-order valence-electron chi connectivity index (χ0n) is 12.3. The van der Waals surface area contributed by atoms with Crippen molar-refractivity contribution in [2.75, 3.05) is 6.54 Å². The number of rotatable bonds is 5. The maximum absolute atomic E-state index is 11.8. The molecule has 1 aliphatic heterocycles. The van der Waals surface area contributed by atoms with Crippen molar-refractivity contribution in [2.45, 2.75) is 11.5 Å². The second-order valence-electron chi connectivity index (χ2n) is 5.39. The van der Waals surface area contributed by atoms with Gasteiger partial charge in [-0.3, -0.25) is 10.1 Å². The summed E-state index contributed by atoms with van der Waals surface area (Å²) in [6.45, 7) is -0.337. The van der Waals surface area contributed by atoms with Crippen LogP contribution in [0.25, 0.3) is 0 Å².